The number of methoxy groups -OCH3 is 1. The molecule has 3 rings (SSSR count). The summed E-state index contributed by atoms with van der Waals surface area (Å²) in [6.45, 7) is 4.11. The van der Waals surface area contributed by atoms with Crippen LogP contribution in [0.3, 0.4) is 0 Å². The lowest BCUT2D eigenvalue weighted by Crippen LogP contribution is -2.36. The molecule has 0 spiro atoms. The number of hydrogen-bond acceptors (Lipinski definition) is 2. The molecule has 0 N–H and O–H groups in total. The molecule has 0 bridgehead atoms. The zero-order chi connectivity index (χ0) is 15.7. The maximum Gasteiger partial charge on any atom is 0.231 e. The van der Waals surface area contributed by atoms with Crippen LogP contribution in [0.5, 0.6) is 5.75 Å². The van der Waals surface area contributed by atoms with Gasteiger partial charge in [-0.05, 0) is 49.1 Å². The molecule has 2 aromatic carbocycles. The molecular formula is C19H21NO2. The van der Waals surface area contributed by atoms with E-state index in [0.29, 0.717) is 6.42 Å². The minimum Gasteiger partial charge on any atom is -0.496 e. The van der Waals surface area contributed by atoms with Gasteiger partial charge in [-0.15, -0.1) is 0 Å². The Morgan fingerprint density at radius 2 is 2.05 bits per heavy atom. The highest BCUT2D eigenvalue weighted by Gasteiger charge is 2.30. The fraction of sp³-hybridized carbons (Fsp3) is 0.316. The second kappa shape index (κ2) is 5.84. The second-order valence-corrected chi connectivity index (χ2v) is 5.93. The third kappa shape index (κ3) is 2.59. The van der Waals surface area contributed by atoms with Crippen molar-refractivity contribution in [3.63, 3.8) is 0 Å². The van der Waals surface area contributed by atoms with Crippen molar-refractivity contribution >= 4 is 11.6 Å². The molecule has 2 aromatic rings. The molecule has 0 unspecified atom stereocenters. The Kier molecular flexibility index (Phi) is 3.88. The fourth-order valence-corrected chi connectivity index (χ4v) is 3.26. The number of aryl methyl sites for hydroxylation is 1. The third-order valence-corrected chi connectivity index (χ3v) is 4.29. The first kappa shape index (κ1) is 14.6. The van der Waals surface area contributed by atoms with Gasteiger partial charge in [0, 0.05) is 11.7 Å². The number of carbonyl (C=O) groups is 1. The molecule has 3 heteroatoms. The van der Waals surface area contributed by atoms with Crippen molar-refractivity contribution in [3.05, 3.63) is 59.2 Å². The highest BCUT2D eigenvalue weighted by Crippen LogP contribution is 2.32. The Bertz CT molecular complexity index is 708. The summed E-state index contributed by atoms with van der Waals surface area (Å²) >= 11 is 0. The van der Waals surface area contributed by atoms with Gasteiger partial charge < -0.3 is 9.64 Å². The predicted octanol–water partition coefficient (Wildman–Crippen LogP) is 3.52. The molecule has 0 aromatic heterocycles. The number of ether oxygens (including phenoxy) is 1. The number of para-hydroxylation sites is 1. The van der Waals surface area contributed by atoms with E-state index in [4.69, 9.17) is 4.74 Å². The van der Waals surface area contributed by atoms with Crippen molar-refractivity contribution in [2.24, 2.45) is 0 Å². The average Bonchev–Trinajstić information content (AvgIpc) is 2.83. The van der Waals surface area contributed by atoms with Gasteiger partial charge in [0.1, 0.15) is 5.75 Å². The maximum atomic E-state index is 12.7. The normalized spacial score (nSPS) is 16.5. The minimum atomic E-state index is 0.155. The number of hydrogen-bond donors (Lipinski definition) is 0. The Hall–Kier alpha value is -2.29. The fourth-order valence-electron chi connectivity index (χ4n) is 3.26. The van der Waals surface area contributed by atoms with Crippen molar-refractivity contribution in [2.45, 2.75) is 32.7 Å². The molecule has 1 aliphatic heterocycles. The van der Waals surface area contributed by atoms with Crippen molar-refractivity contribution in [2.75, 3.05) is 12.0 Å². The number of benzene rings is 2. The molecule has 0 saturated carbocycles. The van der Waals surface area contributed by atoms with E-state index < -0.39 is 0 Å². The summed E-state index contributed by atoms with van der Waals surface area (Å²) in [6.07, 6.45) is 1.35. The van der Waals surface area contributed by atoms with Crippen LogP contribution in [0.1, 0.15) is 23.6 Å². The summed E-state index contributed by atoms with van der Waals surface area (Å²) < 4.78 is 5.27. The van der Waals surface area contributed by atoms with Crippen LogP contribution in [0.2, 0.25) is 0 Å². The van der Waals surface area contributed by atoms with Crippen LogP contribution in [0.25, 0.3) is 0 Å². The van der Waals surface area contributed by atoms with Gasteiger partial charge in [0.25, 0.3) is 0 Å². The number of rotatable bonds is 3. The van der Waals surface area contributed by atoms with Gasteiger partial charge in [0.2, 0.25) is 5.91 Å². The Morgan fingerprint density at radius 1 is 1.27 bits per heavy atom. The number of fused-ring (bicyclic) bond motifs is 1. The summed E-state index contributed by atoms with van der Waals surface area (Å²) in [5.74, 6) is 1.01. The van der Waals surface area contributed by atoms with E-state index in [0.717, 1.165) is 29.0 Å². The van der Waals surface area contributed by atoms with E-state index in [1.165, 1.54) is 5.56 Å². The van der Waals surface area contributed by atoms with E-state index in [-0.39, 0.29) is 11.9 Å². The molecule has 1 amide bonds. The Labute approximate surface area is 131 Å². The van der Waals surface area contributed by atoms with Gasteiger partial charge in [0.05, 0.1) is 13.5 Å². The minimum absolute atomic E-state index is 0.155. The van der Waals surface area contributed by atoms with E-state index in [2.05, 4.69) is 13.0 Å². The molecule has 0 radical (unpaired) electrons. The van der Waals surface area contributed by atoms with E-state index in [1.54, 1.807) is 7.11 Å². The van der Waals surface area contributed by atoms with Crippen molar-refractivity contribution in [3.8, 4) is 5.75 Å². The van der Waals surface area contributed by atoms with Gasteiger partial charge in [-0.1, -0.05) is 30.3 Å². The van der Waals surface area contributed by atoms with Crippen LogP contribution in [0.4, 0.5) is 5.69 Å². The maximum absolute atomic E-state index is 12.7. The summed E-state index contributed by atoms with van der Waals surface area (Å²) in [7, 11) is 1.66. The zero-order valence-corrected chi connectivity index (χ0v) is 13.3. The molecule has 1 heterocycles. The summed E-state index contributed by atoms with van der Waals surface area (Å²) in [6, 6.07) is 14.3. The molecular weight excluding hydrogens is 274 g/mol. The number of amides is 1. The van der Waals surface area contributed by atoms with Gasteiger partial charge >= 0.3 is 0 Å². The van der Waals surface area contributed by atoms with Crippen LogP contribution in [-0.4, -0.2) is 19.1 Å². The molecule has 0 fully saturated rings. The SMILES string of the molecule is COc1ccc(CC(=O)N2c3ccccc3C[C@H]2C)cc1C. The highest BCUT2D eigenvalue weighted by molar-refractivity contribution is 5.97. The van der Waals surface area contributed by atoms with E-state index in [9.17, 15) is 4.79 Å². The highest BCUT2D eigenvalue weighted by atomic mass is 16.5. The molecule has 22 heavy (non-hydrogen) atoms. The van der Waals surface area contributed by atoms with Gasteiger partial charge in [-0.2, -0.15) is 0 Å². The lowest BCUT2D eigenvalue weighted by atomic mass is 10.1. The zero-order valence-electron chi connectivity index (χ0n) is 13.3. The summed E-state index contributed by atoms with van der Waals surface area (Å²) in [5.41, 5.74) is 4.40. The molecule has 0 saturated heterocycles. The Morgan fingerprint density at radius 3 is 2.77 bits per heavy atom. The molecule has 1 atom stereocenters. The summed E-state index contributed by atoms with van der Waals surface area (Å²) in [5, 5.41) is 0. The smallest absolute Gasteiger partial charge is 0.231 e. The largest absolute Gasteiger partial charge is 0.496 e. The first-order valence-electron chi connectivity index (χ1n) is 7.63. The lowest BCUT2D eigenvalue weighted by molar-refractivity contribution is -0.118. The van der Waals surface area contributed by atoms with Crippen molar-refractivity contribution < 1.29 is 9.53 Å². The van der Waals surface area contributed by atoms with Crippen LogP contribution in [0, 0.1) is 6.92 Å². The molecule has 3 nitrogen and oxygen atoms in total. The van der Waals surface area contributed by atoms with Crippen LogP contribution < -0.4 is 9.64 Å². The van der Waals surface area contributed by atoms with Gasteiger partial charge in [-0.3, -0.25) is 4.79 Å². The van der Waals surface area contributed by atoms with Crippen molar-refractivity contribution in [1.82, 2.24) is 0 Å². The second-order valence-electron chi connectivity index (χ2n) is 5.93. The standard InChI is InChI=1S/C19H21NO2/c1-13-10-15(8-9-18(13)22-3)12-19(21)20-14(2)11-16-6-4-5-7-17(16)20/h4-10,14H,11-12H2,1-3H3/t14-/m1/s1. The van der Waals surface area contributed by atoms with Crippen LogP contribution in [0.15, 0.2) is 42.5 Å². The number of carbonyl (C=O) groups excluding carboxylic acids is 1. The lowest BCUT2D eigenvalue weighted by Gasteiger charge is -2.23. The van der Waals surface area contributed by atoms with E-state index in [1.807, 2.05) is 48.2 Å². The van der Waals surface area contributed by atoms with E-state index >= 15 is 0 Å². The quantitative estimate of drug-likeness (QED) is 0.867. The number of nitrogens with zero attached hydrogens (tertiary/aromatic N) is 1. The monoisotopic (exact) mass is 295 g/mol. The first-order valence-corrected chi connectivity index (χ1v) is 7.63. The summed E-state index contributed by atoms with van der Waals surface area (Å²) in [4.78, 5) is 14.7. The van der Waals surface area contributed by atoms with Gasteiger partial charge in [0.15, 0.2) is 0 Å². The predicted molar refractivity (Wildman–Crippen MR) is 88.5 cm³/mol. The number of anilines is 1. The first-order chi connectivity index (χ1) is 10.6. The van der Waals surface area contributed by atoms with Crippen molar-refractivity contribution in [1.29, 1.82) is 0 Å². The Balaban J connectivity index is 1.82. The van der Waals surface area contributed by atoms with Gasteiger partial charge in [-0.25, -0.2) is 0 Å². The third-order valence-electron chi connectivity index (χ3n) is 4.29. The van der Waals surface area contributed by atoms with Crippen LogP contribution >= 0.6 is 0 Å². The van der Waals surface area contributed by atoms with Crippen LogP contribution in [-0.2, 0) is 17.6 Å². The molecule has 114 valence electrons. The molecule has 1 aliphatic rings. The topological polar surface area (TPSA) is 29.5 Å². The average molecular weight is 295 g/mol. The molecule has 0 aliphatic carbocycles.